The molecule has 0 saturated heterocycles. The Morgan fingerprint density at radius 1 is 1.10 bits per heavy atom. The molecule has 8 heteroatoms. The normalized spacial score (nSPS) is 10.7. The maximum Gasteiger partial charge on any atom is 0.286 e. The van der Waals surface area contributed by atoms with Gasteiger partial charge in [0, 0.05) is 35.3 Å². The van der Waals surface area contributed by atoms with Crippen molar-refractivity contribution in [3.05, 3.63) is 70.5 Å². The highest BCUT2D eigenvalue weighted by Crippen LogP contribution is 2.29. The Balaban J connectivity index is 1.78. The fraction of sp³-hybridized carbons (Fsp3) is 0.227. The maximum absolute atomic E-state index is 12.8. The van der Waals surface area contributed by atoms with Crippen molar-refractivity contribution in [2.75, 3.05) is 19.4 Å². The van der Waals surface area contributed by atoms with Gasteiger partial charge in [-0.15, -0.1) is 0 Å². The van der Waals surface area contributed by atoms with E-state index < -0.39 is 0 Å². The number of para-hydroxylation sites is 1. The van der Waals surface area contributed by atoms with Crippen molar-refractivity contribution in [3.8, 4) is 5.69 Å². The minimum Gasteiger partial charge on any atom is -0.339 e. The Morgan fingerprint density at radius 2 is 1.77 bits per heavy atom. The number of benzene rings is 2. The Kier molecular flexibility index (Phi) is 6.84. The smallest absolute Gasteiger partial charge is 0.286 e. The van der Waals surface area contributed by atoms with Crippen molar-refractivity contribution in [2.45, 2.75) is 25.2 Å². The molecule has 30 heavy (non-hydrogen) atoms. The Morgan fingerprint density at radius 3 is 2.43 bits per heavy atom. The van der Waals surface area contributed by atoms with E-state index >= 15 is 0 Å². The van der Waals surface area contributed by atoms with Crippen LogP contribution in [0.4, 0.5) is 10.5 Å². The lowest BCUT2D eigenvalue weighted by Crippen LogP contribution is -2.18. The first-order valence-electron chi connectivity index (χ1n) is 9.35. The third kappa shape index (κ3) is 5.04. The zero-order valence-corrected chi connectivity index (χ0v) is 18.8. The van der Waals surface area contributed by atoms with Crippen LogP contribution in [0.1, 0.15) is 17.0 Å². The highest BCUT2D eigenvalue weighted by atomic mass is 35.5. The monoisotopic (exact) mass is 442 g/mol. The van der Waals surface area contributed by atoms with Gasteiger partial charge in [0.1, 0.15) is 0 Å². The molecule has 6 nitrogen and oxygen atoms in total. The Hall–Kier alpha value is -2.77. The molecule has 2 amide bonds. The molecule has 0 fully saturated rings. The van der Waals surface area contributed by atoms with Gasteiger partial charge in [0.15, 0.2) is 0 Å². The standard InChI is InChI=1S/C22H23ClN4O2S/c1-14-18(15(2)27(25-14)17-11-9-16(23)10-12-17)13-21(28)24-19-7-5-6-8-20(19)30-22(29)26(3)4/h5-12H,13H2,1-4H3,(H,24,28). The summed E-state index contributed by atoms with van der Waals surface area (Å²) >= 11 is 7.06. The number of hydrogen-bond donors (Lipinski definition) is 1. The van der Waals surface area contributed by atoms with Gasteiger partial charge in [-0.3, -0.25) is 9.59 Å². The summed E-state index contributed by atoms with van der Waals surface area (Å²) in [5, 5.41) is 8.07. The molecule has 0 aliphatic heterocycles. The number of thioether (sulfide) groups is 1. The van der Waals surface area contributed by atoms with Crippen molar-refractivity contribution in [1.82, 2.24) is 14.7 Å². The van der Waals surface area contributed by atoms with E-state index in [2.05, 4.69) is 10.4 Å². The SMILES string of the molecule is Cc1nn(-c2ccc(Cl)cc2)c(C)c1CC(=O)Nc1ccccc1SC(=O)N(C)C. The number of aromatic nitrogens is 2. The fourth-order valence-electron chi connectivity index (χ4n) is 2.96. The van der Waals surface area contributed by atoms with Crippen molar-refractivity contribution in [1.29, 1.82) is 0 Å². The lowest BCUT2D eigenvalue weighted by atomic mass is 10.1. The van der Waals surface area contributed by atoms with Crippen LogP contribution in [0.15, 0.2) is 53.4 Å². The van der Waals surface area contributed by atoms with Gasteiger partial charge in [0.25, 0.3) is 5.24 Å². The molecule has 0 aliphatic carbocycles. The topological polar surface area (TPSA) is 67.2 Å². The summed E-state index contributed by atoms with van der Waals surface area (Å²) in [4.78, 5) is 27.0. The molecule has 0 bridgehead atoms. The Bertz CT molecular complexity index is 1080. The van der Waals surface area contributed by atoms with Crippen LogP contribution in [0.2, 0.25) is 5.02 Å². The number of amides is 2. The molecule has 1 aromatic heterocycles. The summed E-state index contributed by atoms with van der Waals surface area (Å²) in [6.07, 6.45) is 0.186. The first-order valence-corrected chi connectivity index (χ1v) is 10.5. The van der Waals surface area contributed by atoms with E-state index in [-0.39, 0.29) is 17.6 Å². The molecule has 3 rings (SSSR count). The molecule has 0 aliphatic rings. The van der Waals surface area contributed by atoms with Gasteiger partial charge < -0.3 is 10.2 Å². The summed E-state index contributed by atoms with van der Waals surface area (Å²) in [6.45, 7) is 3.83. The third-order valence-electron chi connectivity index (χ3n) is 4.57. The molecule has 156 valence electrons. The minimum atomic E-state index is -0.165. The van der Waals surface area contributed by atoms with E-state index in [1.807, 2.05) is 61.0 Å². The van der Waals surface area contributed by atoms with Crippen LogP contribution >= 0.6 is 23.4 Å². The summed E-state index contributed by atoms with van der Waals surface area (Å²) < 4.78 is 1.81. The van der Waals surface area contributed by atoms with E-state index in [0.717, 1.165) is 34.4 Å². The van der Waals surface area contributed by atoms with Crippen molar-refractivity contribution in [3.63, 3.8) is 0 Å². The molecule has 3 aromatic rings. The number of nitrogens with zero attached hydrogens (tertiary/aromatic N) is 3. The van der Waals surface area contributed by atoms with Crippen LogP contribution in [0, 0.1) is 13.8 Å². The quantitative estimate of drug-likeness (QED) is 0.558. The fourth-order valence-corrected chi connectivity index (χ4v) is 3.84. The molecule has 1 heterocycles. The number of carbonyl (C=O) groups is 2. The summed E-state index contributed by atoms with van der Waals surface area (Å²) in [7, 11) is 3.39. The average Bonchev–Trinajstić information content (AvgIpc) is 2.98. The largest absolute Gasteiger partial charge is 0.339 e. The molecule has 1 N–H and O–H groups in total. The third-order valence-corrected chi connectivity index (χ3v) is 5.94. The van der Waals surface area contributed by atoms with Crippen LogP contribution in [0.5, 0.6) is 0 Å². The first kappa shape index (κ1) is 21.9. The lowest BCUT2D eigenvalue weighted by Gasteiger charge is -2.13. The second-order valence-corrected chi connectivity index (χ2v) is 8.45. The Labute approximate surface area is 185 Å². The number of halogens is 1. The predicted octanol–water partition coefficient (Wildman–Crippen LogP) is 5.10. The van der Waals surface area contributed by atoms with E-state index in [4.69, 9.17) is 11.6 Å². The molecule has 2 aromatic carbocycles. The van der Waals surface area contributed by atoms with E-state index in [9.17, 15) is 9.59 Å². The van der Waals surface area contributed by atoms with E-state index in [0.29, 0.717) is 15.6 Å². The first-order chi connectivity index (χ1) is 14.3. The van der Waals surface area contributed by atoms with E-state index in [1.165, 1.54) is 4.90 Å². The molecule has 0 atom stereocenters. The number of carbonyl (C=O) groups excluding carboxylic acids is 2. The molecule has 0 radical (unpaired) electrons. The van der Waals surface area contributed by atoms with E-state index in [1.54, 1.807) is 20.2 Å². The highest BCUT2D eigenvalue weighted by molar-refractivity contribution is 8.13. The van der Waals surface area contributed by atoms with Gasteiger partial charge in [-0.05, 0) is 62.0 Å². The number of nitrogens with one attached hydrogen (secondary N) is 1. The van der Waals surface area contributed by atoms with Gasteiger partial charge in [0.05, 0.1) is 23.5 Å². The molecular weight excluding hydrogens is 420 g/mol. The van der Waals surface area contributed by atoms with Crippen molar-refractivity contribution >= 4 is 40.2 Å². The number of hydrogen-bond acceptors (Lipinski definition) is 4. The van der Waals surface area contributed by atoms with Gasteiger partial charge >= 0.3 is 0 Å². The predicted molar refractivity (Wildman–Crippen MR) is 122 cm³/mol. The van der Waals surface area contributed by atoms with Crippen LogP contribution in [-0.4, -0.2) is 39.9 Å². The van der Waals surface area contributed by atoms with Crippen LogP contribution < -0.4 is 5.32 Å². The zero-order chi connectivity index (χ0) is 21.8. The maximum atomic E-state index is 12.8. The van der Waals surface area contributed by atoms with Crippen LogP contribution in [0.3, 0.4) is 0 Å². The van der Waals surface area contributed by atoms with Crippen molar-refractivity contribution in [2.24, 2.45) is 0 Å². The van der Waals surface area contributed by atoms with Gasteiger partial charge in [-0.2, -0.15) is 5.10 Å². The van der Waals surface area contributed by atoms with Gasteiger partial charge in [0.2, 0.25) is 5.91 Å². The van der Waals surface area contributed by atoms with Crippen molar-refractivity contribution < 1.29 is 9.59 Å². The second kappa shape index (κ2) is 9.36. The average molecular weight is 443 g/mol. The summed E-state index contributed by atoms with van der Waals surface area (Å²) in [6, 6.07) is 14.7. The van der Waals surface area contributed by atoms with Crippen LogP contribution in [0.25, 0.3) is 5.69 Å². The highest BCUT2D eigenvalue weighted by Gasteiger charge is 2.18. The summed E-state index contributed by atoms with van der Waals surface area (Å²) in [5.41, 5.74) is 4.06. The summed E-state index contributed by atoms with van der Waals surface area (Å²) in [5.74, 6) is -0.165. The zero-order valence-electron chi connectivity index (χ0n) is 17.3. The second-order valence-electron chi connectivity index (χ2n) is 7.02. The number of rotatable bonds is 5. The lowest BCUT2D eigenvalue weighted by molar-refractivity contribution is -0.115. The number of anilines is 1. The van der Waals surface area contributed by atoms with Gasteiger partial charge in [-0.25, -0.2) is 4.68 Å². The molecule has 0 spiro atoms. The molecule has 0 unspecified atom stereocenters. The van der Waals surface area contributed by atoms with Gasteiger partial charge in [-0.1, -0.05) is 23.7 Å². The molecular formula is C22H23ClN4O2S. The molecule has 0 saturated carbocycles. The van der Waals surface area contributed by atoms with Crippen LogP contribution in [-0.2, 0) is 11.2 Å². The number of aryl methyl sites for hydroxylation is 1. The minimum absolute atomic E-state index is 0.104.